The fraction of sp³-hybridized carbons (Fsp3) is 0.667. The van der Waals surface area contributed by atoms with Crippen molar-refractivity contribution < 1.29 is 0 Å². The van der Waals surface area contributed by atoms with Gasteiger partial charge in [0.1, 0.15) is 0 Å². The highest BCUT2D eigenvalue weighted by Crippen LogP contribution is 2.25. The molecule has 0 radical (unpaired) electrons. The van der Waals surface area contributed by atoms with Crippen LogP contribution in [0.1, 0.15) is 32.1 Å². The molecular weight excluding hydrogens is 200 g/mol. The van der Waals surface area contributed by atoms with Crippen LogP contribution in [0.4, 0.5) is 5.82 Å². The summed E-state index contributed by atoms with van der Waals surface area (Å²) in [5.74, 6) is 0.972. The maximum atomic E-state index is 5.68. The Morgan fingerprint density at radius 2 is 2.12 bits per heavy atom. The van der Waals surface area contributed by atoms with Crippen LogP contribution >= 0.6 is 0 Å². The van der Waals surface area contributed by atoms with Crippen molar-refractivity contribution in [3.63, 3.8) is 0 Å². The largest absolute Gasteiger partial charge is 0.351 e. The van der Waals surface area contributed by atoms with E-state index in [0.717, 1.165) is 12.4 Å². The van der Waals surface area contributed by atoms with Crippen LogP contribution in [-0.2, 0) is 0 Å². The van der Waals surface area contributed by atoms with Gasteiger partial charge in [-0.05, 0) is 25.0 Å². The molecule has 88 valence electrons. The Bertz CT molecular complexity index is 295. The number of rotatable bonds is 4. The molecule has 1 aromatic heterocycles. The van der Waals surface area contributed by atoms with Crippen molar-refractivity contribution >= 4 is 5.82 Å². The smallest absolute Gasteiger partial charge is 0.151 e. The molecule has 0 aromatic carbocycles. The van der Waals surface area contributed by atoms with E-state index in [0.29, 0.717) is 12.6 Å². The molecule has 4 nitrogen and oxygen atoms in total. The van der Waals surface area contributed by atoms with Crippen molar-refractivity contribution in [1.29, 1.82) is 0 Å². The van der Waals surface area contributed by atoms with Gasteiger partial charge in [0, 0.05) is 25.3 Å². The van der Waals surface area contributed by atoms with Gasteiger partial charge in [0.25, 0.3) is 0 Å². The van der Waals surface area contributed by atoms with Crippen molar-refractivity contribution in [2.24, 2.45) is 5.73 Å². The summed E-state index contributed by atoms with van der Waals surface area (Å²) in [6.07, 6.45) is 8.25. The number of hydrogen-bond acceptors (Lipinski definition) is 4. The lowest BCUT2D eigenvalue weighted by atomic mass is 9.94. The summed E-state index contributed by atoms with van der Waals surface area (Å²) >= 11 is 0. The second-order valence-corrected chi connectivity index (χ2v) is 4.36. The van der Waals surface area contributed by atoms with Gasteiger partial charge in [0.2, 0.25) is 0 Å². The molecule has 0 amide bonds. The molecule has 1 fully saturated rings. The predicted octanol–water partition coefficient (Wildman–Crippen LogP) is 1.57. The summed E-state index contributed by atoms with van der Waals surface area (Å²) in [6.45, 7) is 1.55. The molecule has 0 atom stereocenters. The Morgan fingerprint density at radius 1 is 1.31 bits per heavy atom. The van der Waals surface area contributed by atoms with E-state index in [1.165, 1.54) is 32.1 Å². The SMILES string of the molecule is NCCN(c1cccnn1)C1CCCCC1. The first kappa shape index (κ1) is 11.3. The molecule has 0 bridgehead atoms. The normalized spacial score (nSPS) is 17.3. The molecule has 0 unspecified atom stereocenters. The van der Waals surface area contributed by atoms with Crippen molar-refractivity contribution in [3.05, 3.63) is 18.3 Å². The molecule has 4 heteroatoms. The average Bonchev–Trinajstić information content (AvgIpc) is 2.38. The van der Waals surface area contributed by atoms with Crippen LogP contribution in [0, 0.1) is 0 Å². The zero-order valence-electron chi connectivity index (χ0n) is 9.68. The molecular formula is C12H20N4. The van der Waals surface area contributed by atoms with Crippen LogP contribution in [0.25, 0.3) is 0 Å². The van der Waals surface area contributed by atoms with Crippen LogP contribution in [0.15, 0.2) is 18.3 Å². The van der Waals surface area contributed by atoms with E-state index in [2.05, 4.69) is 15.1 Å². The third kappa shape index (κ3) is 2.70. The van der Waals surface area contributed by atoms with E-state index in [4.69, 9.17) is 5.73 Å². The van der Waals surface area contributed by atoms with Gasteiger partial charge >= 0.3 is 0 Å². The topological polar surface area (TPSA) is 55.0 Å². The molecule has 0 spiro atoms. The summed E-state index contributed by atoms with van der Waals surface area (Å²) in [4.78, 5) is 2.33. The Hall–Kier alpha value is -1.16. The minimum absolute atomic E-state index is 0.606. The third-order valence-electron chi connectivity index (χ3n) is 3.24. The van der Waals surface area contributed by atoms with Crippen molar-refractivity contribution in [3.8, 4) is 0 Å². The van der Waals surface area contributed by atoms with E-state index in [-0.39, 0.29) is 0 Å². The van der Waals surface area contributed by atoms with Crippen LogP contribution in [0.3, 0.4) is 0 Å². The fourth-order valence-corrected chi connectivity index (χ4v) is 2.46. The number of hydrogen-bond donors (Lipinski definition) is 1. The van der Waals surface area contributed by atoms with E-state index in [1.54, 1.807) is 6.20 Å². The highest BCUT2D eigenvalue weighted by Gasteiger charge is 2.21. The van der Waals surface area contributed by atoms with Gasteiger partial charge in [-0.1, -0.05) is 19.3 Å². The summed E-state index contributed by atoms with van der Waals surface area (Å²) in [6, 6.07) is 4.57. The lowest BCUT2D eigenvalue weighted by Crippen LogP contribution is -2.40. The zero-order valence-corrected chi connectivity index (χ0v) is 9.68. The number of nitrogens with two attached hydrogens (primary N) is 1. The Kier molecular flexibility index (Phi) is 4.10. The molecule has 1 saturated carbocycles. The first-order chi connectivity index (χ1) is 7.92. The molecule has 1 aliphatic rings. The van der Waals surface area contributed by atoms with Crippen molar-refractivity contribution in [2.75, 3.05) is 18.0 Å². The highest BCUT2D eigenvalue weighted by molar-refractivity contribution is 5.38. The first-order valence-electron chi connectivity index (χ1n) is 6.16. The number of aromatic nitrogens is 2. The summed E-state index contributed by atoms with van der Waals surface area (Å²) in [7, 11) is 0. The van der Waals surface area contributed by atoms with Gasteiger partial charge in [0.15, 0.2) is 5.82 Å². The molecule has 16 heavy (non-hydrogen) atoms. The molecule has 0 aliphatic heterocycles. The highest BCUT2D eigenvalue weighted by atomic mass is 15.3. The molecule has 0 saturated heterocycles. The maximum absolute atomic E-state index is 5.68. The van der Waals surface area contributed by atoms with Crippen molar-refractivity contribution in [1.82, 2.24) is 10.2 Å². The zero-order chi connectivity index (χ0) is 11.2. The average molecular weight is 220 g/mol. The van der Waals surface area contributed by atoms with Gasteiger partial charge in [-0.25, -0.2) is 0 Å². The van der Waals surface area contributed by atoms with Crippen LogP contribution in [0.5, 0.6) is 0 Å². The molecule has 1 aromatic rings. The van der Waals surface area contributed by atoms with Gasteiger partial charge in [-0.15, -0.1) is 5.10 Å². The second kappa shape index (κ2) is 5.80. The Labute approximate surface area is 96.9 Å². The fourth-order valence-electron chi connectivity index (χ4n) is 2.46. The monoisotopic (exact) mass is 220 g/mol. The Morgan fingerprint density at radius 3 is 2.75 bits per heavy atom. The van der Waals surface area contributed by atoms with Gasteiger partial charge in [-0.3, -0.25) is 0 Å². The summed E-state index contributed by atoms with van der Waals surface area (Å²) in [5, 5.41) is 8.14. The number of nitrogens with zero attached hydrogens (tertiary/aromatic N) is 3. The minimum atomic E-state index is 0.606. The quantitative estimate of drug-likeness (QED) is 0.837. The molecule has 1 heterocycles. The van der Waals surface area contributed by atoms with Gasteiger partial charge < -0.3 is 10.6 Å². The van der Waals surface area contributed by atoms with Crippen molar-refractivity contribution in [2.45, 2.75) is 38.1 Å². The molecule has 2 rings (SSSR count). The first-order valence-corrected chi connectivity index (χ1v) is 6.16. The van der Waals surface area contributed by atoms with E-state index in [1.807, 2.05) is 12.1 Å². The van der Waals surface area contributed by atoms with Crippen LogP contribution in [0.2, 0.25) is 0 Å². The minimum Gasteiger partial charge on any atom is -0.351 e. The van der Waals surface area contributed by atoms with E-state index < -0.39 is 0 Å². The Balaban J connectivity index is 2.09. The van der Waals surface area contributed by atoms with E-state index >= 15 is 0 Å². The summed E-state index contributed by atoms with van der Waals surface area (Å²) in [5.41, 5.74) is 5.68. The number of anilines is 1. The van der Waals surface area contributed by atoms with Gasteiger partial charge in [0.05, 0.1) is 0 Å². The predicted molar refractivity (Wildman–Crippen MR) is 65.3 cm³/mol. The summed E-state index contributed by atoms with van der Waals surface area (Å²) < 4.78 is 0. The lowest BCUT2D eigenvalue weighted by Gasteiger charge is -2.34. The maximum Gasteiger partial charge on any atom is 0.151 e. The lowest BCUT2D eigenvalue weighted by molar-refractivity contribution is 0.413. The van der Waals surface area contributed by atoms with Gasteiger partial charge in [-0.2, -0.15) is 5.10 Å². The third-order valence-corrected chi connectivity index (χ3v) is 3.24. The van der Waals surface area contributed by atoms with Crippen LogP contribution in [-0.4, -0.2) is 29.3 Å². The molecule has 2 N–H and O–H groups in total. The van der Waals surface area contributed by atoms with Crippen LogP contribution < -0.4 is 10.6 Å². The second-order valence-electron chi connectivity index (χ2n) is 4.36. The standard InChI is InChI=1S/C12H20N4/c13-8-10-16(11-5-2-1-3-6-11)12-7-4-9-14-15-12/h4,7,9,11H,1-3,5-6,8,10,13H2. The molecule has 1 aliphatic carbocycles. The van der Waals surface area contributed by atoms with E-state index in [9.17, 15) is 0 Å².